The van der Waals surface area contributed by atoms with Crippen LogP contribution in [0.5, 0.6) is 0 Å². The van der Waals surface area contributed by atoms with E-state index in [9.17, 15) is 0 Å². The van der Waals surface area contributed by atoms with Gasteiger partial charge in [-0.2, -0.15) is 5.10 Å². The zero-order valence-electron chi connectivity index (χ0n) is 19.0. The van der Waals surface area contributed by atoms with Gasteiger partial charge in [-0.3, -0.25) is 4.68 Å². The summed E-state index contributed by atoms with van der Waals surface area (Å²) in [6.07, 6.45) is 9.59. The van der Waals surface area contributed by atoms with Gasteiger partial charge in [0.2, 0.25) is 0 Å². The van der Waals surface area contributed by atoms with Crippen LogP contribution in [0.25, 0.3) is 6.08 Å². The lowest BCUT2D eigenvalue weighted by molar-refractivity contribution is 0.132. The largest absolute Gasteiger partial charge is 0.391 e. The molecule has 0 spiro atoms. The van der Waals surface area contributed by atoms with Crippen LogP contribution in [0.3, 0.4) is 0 Å². The summed E-state index contributed by atoms with van der Waals surface area (Å²) in [6.45, 7) is 0.448. The minimum absolute atomic E-state index is 0.222. The molecule has 0 bridgehead atoms. The molecule has 0 N–H and O–H groups in total. The highest BCUT2D eigenvalue weighted by atomic mass is 16.6. The highest BCUT2D eigenvalue weighted by Crippen LogP contribution is 2.45. The molecule has 1 heterocycles. The molecule has 2 aliphatic carbocycles. The van der Waals surface area contributed by atoms with Gasteiger partial charge in [0, 0.05) is 23.1 Å². The average Bonchev–Trinajstić information content (AvgIpc) is 3.69. The van der Waals surface area contributed by atoms with E-state index in [-0.39, 0.29) is 5.41 Å². The molecule has 1 fully saturated rings. The maximum Gasteiger partial charge on any atom is 0.142 e. The Morgan fingerprint density at radius 2 is 1.50 bits per heavy atom. The zero-order valence-corrected chi connectivity index (χ0v) is 19.0. The van der Waals surface area contributed by atoms with Crippen LogP contribution < -0.4 is 0 Å². The maximum absolute atomic E-state index is 5.58. The summed E-state index contributed by atoms with van der Waals surface area (Å²) in [5, 5.41) is 9.24. The van der Waals surface area contributed by atoms with Gasteiger partial charge < -0.3 is 4.84 Å². The monoisotopic (exact) mass is 445 g/mol. The van der Waals surface area contributed by atoms with E-state index in [1.165, 1.54) is 29.7 Å². The fraction of sp³-hybridized carbons (Fsp3) is 0.200. The van der Waals surface area contributed by atoms with Gasteiger partial charge in [0.15, 0.2) is 0 Å². The van der Waals surface area contributed by atoms with Crippen molar-refractivity contribution in [3.63, 3.8) is 0 Å². The first-order valence-electron chi connectivity index (χ1n) is 11.9. The molecule has 34 heavy (non-hydrogen) atoms. The normalized spacial score (nSPS) is 16.5. The molecule has 4 nitrogen and oxygen atoms in total. The lowest BCUT2D eigenvalue weighted by atomic mass is 9.68. The van der Waals surface area contributed by atoms with Crippen molar-refractivity contribution in [2.75, 3.05) is 0 Å². The number of hydrogen-bond acceptors (Lipinski definition) is 3. The van der Waals surface area contributed by atoms with Gasteiger partial charge in [0.25, 0.3) is 0 Å². The molecule has 4 heteroatoms. The van der Waals surface area contributed by atoms with Crippen molar-refractivity contribution in [3.05, 3.63) is 131 Å². The minimum atomic E-state index is -0.222. The molecule has 0 amide bonds. The van der Waals surface area contributed by atoms with Crippen LogP contribution in [0.1, 0.15) is 52.5 Å². The Morgan fingerprint density at radius 3 is 2.12 bits per heavy atom. The molecule has 6 rings (SSSR count). The molecule has 0 aliphatic heterocycles. The van der Waals surface area contributed by atoms with Gasteiger partial charge in [-0.15, -0.1) is 0 Å². The highest BCUT2D eigenvalue weighted by Gasteiger charge is 2.39. The van der Waals surface area contributed by atoms with E-state index in [0.29, 0.717) is 12.6 Å². The Balaban J connectivity index is 1.36. The first-order valence-corrected chi connectivity index (χ1v) is 11.9. The number of benzene rings is 3. The quantitative estimate of drug-likeness (QED) is 0.246. The molecule has 0 atom stereocenters. The summed E-state index contributed by atoms with van der Waals surface area (Å²) in [7, 11) is 0. The molecule has 1 saturated carbocycles. The first-order chi connectivity index (χ1) is 16.8. The van der Waals surface area contributed by atoms with Crippen molar-refractivity contribution in [3.8, 4) is 0 Å². The van der Waals surface area contributed by atoms with Gasteiger partial charge in [-0.25, -0.2) is 0 Å². The van der Waals surface area contributed by atoms with Crippen molar-refractivity contribution in [2.24, 2.45) is 5.16 Å². The fourth-order valence-corrected chi connectivity index (χ4v) is 4.93. The van der Waals surface area contributed by atoms with E-state index in [1.54, 1.807) is 6.21 Å². The van der Waals surface area contributed by atoms with E-state index in [0.717, 1.165) is 23.2 Å². The third-order valence-electron chi connectivity index (χ3n) is 6.85. The number of fused-ring (bicyclic) bond motifs is 1. The number of aromatic nitrogens is 2. The number of oxime groups is 1. The Bertz CT molecular complexity index is 1280. The van der Waals surface area contributed by atoms with Crippen LogP contribution >= 0.6 is 0 Å². The fourth-order valence-electron chi connectivity index (χ4n) is 4.93. The van der Waals surface area contributed by atoms with Crippen LogP contribution in [0.2, 0.25) is 0 Å². The summed E-state index contributed by atoms with van der Waals surface area (Å²) in [5.74, 6) is 0. The lowest BCUT2D eigenvalue weighted by Crippen LogP contribution is -2.31. The molecule has 168 valence electrons. The van der Waals surface area contributed by atoms with E-state index in [2.05, 4.69) is 82.7 Å². The molecule has 1 aromatic heterocycles. The van der Waals surface area contributed by atoms with E-state index >= 15 is 0 Å². The predicted molar refractivity (Wildman–Crippen MR) is 136 cm³/mol. The van der Waals surface area contributed by atoms with Crippen molar-refractivity contribution in [1.29, 1.82) is 0 Å². The number of rotatable bonds is 7. The van der Waals surface area contributed by atoms with Gasteiger partial charge in [-0.05, 0) is 29.5 Å². The molecule has 0 radical (unpaired) electrons. The second kappa shape index (κ2) is 8.79. The lowest BCUT2D eigenvalue weighted by Gasteiger charge is -2.35. The molecular formula is C30H27N3O. The van der Waals surface area contributed by atoms with Crippen LogP contribution in [0.15, 0.2) is 102 Å². The van der Waals surface area contributed by atoms with Gasteiger partial charge in [0.05, 0.1) is 12.3 Å². The van der Waals surface area contributed by atoms with Crippen LogP contribution in [0.4, 0.5) is 0 Å². The van der Waals surface area contributed by atoms with Crippen LogP contribution in [-0.2, 0) is 23.3 Å². The average molecular weight is 446 g/mol. The number of nitrogens with zero attached hydrogens (tertiary/aromatic N) is 3. The summed E-state index contributed by atoms with van der Waals surface area (Å²) in [4.78, 5) is 5.58. The van der Waals surface area contributed by atoms with E-state index in [4.69, 9.17) is 9.94 Å². The Labute approximate surface area is 200 Å². The third kappa shape index (κ3) is 3.86. The Hall–Kier alpha value is -3.92. The van der Waals surface area contributed by atoms with E-state index in [1.807, 2.05) is 30.3 Å². The summed E-state index contributed by atoms with van der Waals surface area (Å²) in [6, 6.07) is 32.2. The zero-order chi connectivity index (χ0) is 22.8. The Kier molecular flexibility index (Phi) is 5.34. The van der Waals surface area contributed by atoms with Crippen LogP contribution in [-0.4, -0.2) is 16.0 Å². The standard InChI is InChI=1S/C30H27N3O/c1-4-10-23(11-5-1)22-34-31-21-28-27-18-19-30(24-12-6-2-7-13-24,25-14-8-3-9-15-25)20-29(27)33(32-28)26-16-17-26/h1-15,18-19,21,26H,16-17,20,22H2/b31-21+. The minimum Gasteiger partial charge on any atom is -0.391 e. The molecule has 4 aromatic rings. The van der Waals surface area contributed by atoms with Gasteiger partial charge >= 0.3 is 0 Å². The molecule has 2 aliphatic rings. The van der Waals surface area contributed by atoms with Crippen molar-refractivity contribution < 1.29 is 4.84 Å². The summed E-state index contributed by atoms with van der Waals surface area (Å²) < 4.78 is 2.25. The topological polar surface area (TPSA) is 39.4 Å². The molecule has 3 aromatic carbocycles. The first kappa shape index (κ1) is 20.7. The van der Waals surface area contributed by atoms with Gasteiger partial charge in [-0.1, -0.05) is 108 Å². The number of hydrogen-bond donors (Lipinski definition) is 0. The Morgan fingerprint density at radius 1 is 0.882 bits per heavy atom. The van der Waals surface area contributed by atoms with Crippen molar-refractivity contribution >= 4 is 12.3 Å². The van der Waals surface area contributed by atoms with Crippen molar-refractivity contribution in [1.82, 2.24) is 9.78 Å². The third-order valence-corrected chi connectivity index (χ3v) is 6.85. The maximum atomic E-state index is 5.58. The van der Waals surface area contributed by atoms with Crippen molar-refractivity contribution in [2.45, 2.75) is 37.3 Å². The van der Waals surface area contributed by atoms with E-state index < -0.39 is 0 Å². The summed E-state index contributed by atoms with van der Waals surface area (Å²) in [5.41, 5.74) is 6.78. The second-order valence-electron chi connectivity index (χ2n) is 9.13. The molecule has 0 unspecified atom stereocenters. The molecular weight excluding hydrogens is 418 g/mol. The predicted octanol–water partition coefficient (Wildman–Crippen LogP) is 6.32. The smallest absolute Gasteiger partial charge is 0.142 e. The van der Waals surface area contributed by atoms with Crippen LogP contribution in [0, 0.1) is 0 Å². The SMILES string of the molecule is C1=CC(c2ccccc2)(c2ccccc2)Cc2c1c(/C=N/OCc1ccccc1)nn2C1CC1. The molecule has 0 saturated heterocycles. The second-order valence-corrected chi connectivity index (χ2v) is 9.13. The summed E-state index contributed by atoms with van der Waals surface area (Å²) >= 11 is 0. The van der Waals surface area contributed by atoms with Gasteiger partial charge in [0.1, 0.15) is 12.3 Å². The number of allylic oxidation sites excluding steroid dienone is 1. The highest BCUT2D eigenvalue weighted by molar-refractivity contribution is 5.84.